The monoisotopic (exact) mass is 226 g/mol. The molecule has 0 spiro atoms. The molecule has 2 aliphatic rings. The molecule has 0 aromatic heterocycles. The minimum absolute atomic E-state index is 0.165. The van der Waals surface area contributed by atoms with E-state index in [1.165, 1.54) is 0 Å². The smallest absolute Gasteiger partial charge is 0.225 e. The van der Waals surface area contributed by atoms with Crippen LogP contribution in [-0.2, 0) is 9.53 Å². The normalized spacial score (nSPS) is 35.4. The summed E-state index contributed by atoms with van der Waals surface area (Å²) in [5.41, 5.74) is 5.94. The maximum absolute atomic E-state index is 12.0. The van der Waals surface area contributed by atoms with Crippen molar-refractivity contribution >= 4 is 5.91 Å². The van der Waals surface area contributed by atoms with Crippen LogP contribution in [0.1, 0.15) is 32.6 Å². The van der Waals surface area contributed by atoms with Crippen molar-refractivity contribution in [2.24, 2.45) is 11.7 Å². The van der Waals surface area contributed by atoms with E-state index in [1.54, 1.807) is 0 Å². The Kier molecular flexibility index (Phi) is 3.82. The highest BCUT2D eigenvalue weighted by Gasteiger charge is 2.28. The van der Waals surface area contributed by atoms with Crippen LogP contribution >= 0.6 is 0 Å². The zero-order valence-corrected chi connectivity index (χ0v) is 10.0. The fraction of sp³-hybridized carbons (Fsp3) is 0.917. The Balaban J connectivity index is 1.80. The third-order valence-corrected chi connectivity index (χ3v) is 3.75. The average Bonchev–Trinajstić information content (AvgIpc) is 2.74. The topological polar surface area (TPSA) is 55.6 Å². The molecule has 16 heavy (non-hydrogen) atoms. The second-order valence-corrected chi connectivity index (χ2v) is 5.11. The molecule has 2 saturated heterocycles. The molecule has 3 atom stereocenters. The third-order valence-electron chi connectivity index (χ3n) is 3.75. The molecule has 0 bridgehead atoms. The Hall–Kier alpha value is -0.610. The van der Waals surface area contributed by atoms with E-state index >= 15 is 0 Å². The van der Waals surface area contributed by atoms with E-state index in [0.29, 0.717) is 12.3 Å². The first-order valence-corrected chi connectivity index (χ1v) is 6.32. The zero-order valence-electron chi connectivity index (χ0n) is 10.0. The molecule has 0 saturated carbocycles. The van der Waals surface area contributed by atoms with Gasteiger partial charge in [0.15, 0.2) is 0 Å². The molecule has 0 aliphatic carbocycles. The number of likely N-dealkylation sites (tertiary alicyclic amines) is 1. The van der Waals surface area contributed by atoms with Gasteiger partial charge in [0.25, 0.3) is 0 Å². The van der Waals surface area contributed by atoms with Crippen LogP contribution in [0.5, 0.6) is 0 Å². The highest BCUT2D eigenvalue weighted by Crippen LogP contribution is 2.20. The molecule has 2 heterocycles. The average molecular weight is 226 g/mol. The molecule has 0 aromatic carbocycles. The van der Waals surface area contributed by atoms with Crippen molar-refractivity contribution in [2.75, 3.05) is 19.7 Å². The van der Waals surface area contributed by atoms with Crippen molar-refractivity contribution < 1.29 is 9.53 Å². The molecule has 3 unspecified atom stereocenters. The minimum Gasteiger partial charge on any atom is -0.378 e. The van der Waals surface area contributed by atoms with Gasteiger partial charge in [-0.15, -0.1) is 0 Å². The van der Waals surface area contributed by atoms with Crippen molar-refractivity contribution in [3.8, 4) is 0 Å². The van der Waals surface area contributed by atoms with Crippen LogP contribution in [0, 0.1) is 5.92 Å². The SMILES string of the molecule is CC1CN(C(=O)CC2CCCO2)CCC1N. The largest absolute Gasteiger partial charge is 0.378 e. The predicted molar refractivity (Wildman–Crippen MR) is 61.9 cm³/mol. The van der Waals surface area contributed by atoms with Gasteiger partial charge in [-0.3, -0.25) is 4.79 Å². The highest BCUT2D eigenvalue weighted by atomic mass is 16.5. The van der Waals surface area contributed by atoms with E-state index in [-0.39, 0.29) is 18.1 Å². The molecule has 2 fully saturated rings. The van der Waals surface area contributed by atoms with Crippen LogP contribution in [0.25, 0.3) is 0 Å². The van der Waals surface area contributed by atoms with E-state index in [9.17, 15) is 4.79 Å². The van der Waals surface area contributed by atoms with Crippen molar-refractivity contribution in [2.45, 2.75) is 44.8 Å². The van der Waals surface area contributed by atoms with Gasteiger partial charge in [0.1, 0.15) is 0 Å². The van der Waals surface area contributed by atoms with Gasteiger partial charge in [-0.05, 0) is 25.2 Å². The summed E-state index contributed by atoms with van der Waals surface area (Å²) in [6.07, 6.45) is 3.78. The van der Waals surface area contributed by atoms with Crippen molar-refractivity contribution in [3.05, 3.63) is 0 Å². The maximum atomic E-state index is 12.0. The molecule has 1 amide bonds. The van der Waals surface area contributed by atoms with Crippen LogP contribution in [0.3, 0.4) is 0 Å². The quantitative estimate of drug-likeness (QED) is 0.756. The standard InChI is InChI=1S/C12H22N2O2/c1-9-8-14(5-4-11(9)13)12(15)7-10-3-2-6-16-10/h9-11H,2-8,13H2,1H3. The lowest BCUT2D eigenvalue weighted by Gasteiger charge is -2.35. The second-order valence-electron chi connectivity index (χ2n) is 5.11. The first-order chi connectivity index (χ1) is 7.66. The molecule has 2 N–H and O–H groups in total. The summed E-state index contributed by atoms with van der Waals surface area (Å²) in [5.74, 6) is 0.660. The number of ether oxygens (including phenoxy) is 1. The number of nitrogens with two attached hydrogens (primary N) is 1. The van der Waals surface area contributed by atoms with Crippen LogP contribution in [0.15, 0.2) is 0 Å². The molecule has 2 aliphatic heterocycles. The number of amides is 1. The van der Waals surface area contributed by atoms with E-state index in [2.05, 4.69) is 6.92 Å². The molecular formula is C12H22N2O2. The number of carbonyl (C=O) groups is 1. The van der Waals surface area contributed by atoms with Gasteiger partial charge in [0, 0.05) is 25.7 Å². The van der Waals surface area contributed by atoms with Crippen molar-refractivity contribution in [1.29, 1.82) is 0 Å². The predicted octanol–water partition coefficient (Wildman–Crippen LogP) is 0.751. The Bertz CT molecular complexity index is 251. The fourth-order valence-corrected chi connectivity index (χ4v) is 2.52. The molecule has 2 rings (SSSR count). The lowest BCUT2D eigenvalue weighted by atomic mass is 9.94. The molecule has 4 heteroatoms. The van der Waals surface area contributed by atoms with E-state index in [0.717, 1.165) is 39.0 Å². The summed E-state index contributed by atoms with van der Waals surface area (Å²) in [6, 6.07) is 0.256. The lowest BCUT2D eigenvalue weighted by molar-refractivity contribution is -0.135. The van der Waals surface area contributed by atoms with Crippen LogP contribution < -0.4 is 5.73 Å². The number of carbonyl (C=O) groups excluding carboxylic acids is 1. The van der Waals surface area contributed by atoms with Crippen molar-refractivity contribution in [1.82, 2.24) is 4.90 Å². The number of hydrogen-bond donors (Lipinski definition) is 1. The molecule has 4 nitrogen and oxygen atoms in total. The van der Waals surface area contributed by atoms with Crippen LogP contribution in [0.4, 0.5) is 0 Å². The van der Waals surface area contributed by atoms with Crippen LogP contribution in [0.2, 0.25) is 0 Å². The van der Waals surface area contributed by atoms with Gasteiger partial charge in [0.05, 0.1) is 12.5 Å². The minimum atomic E-state index is 0.165. The summed E-state index contributed by atoms with van der Waals surface area (Å²) < 4.78 is 5.49. The van der Waals surface area contributed by atoms with E-state index in [1.807, 2.05) is 4.90 Å². The number of hydrogen-bond acceptors (Lipinski definition) is 3. The number of piperidine rings is 1. The van der Waals surface area contributed by atoms with Crippen LogP contribution in [-0.4, -0.2) is 42.6 Å². The van der Waals surface area contributed by atoms with Gasteiger partial charge in [-0.25, -0.2) is 0 Å². The van der Waals surface area contributed by atoms with E-state index in [4.69, 9.17) is 10.5 Å². The first kappa shape index (κ1) is 11.9. The summed E-state index contributed by atoms with van der Waals surface area (Å²) >= 11 is 0. The summed E-state index contributed by atoms with van der Waals surface area (Å²) in [7, 11) is 0. The fourth-order valence-electron chi connectivity index (χ4n) is 2.52. The van der Waals surface area contributed by atoms with Gasteiger partial charge >= 0.3 is 0 Å². The van der Waals surface area contributed by atoms with Gasteiger partial charge in [-0.1, -0.05) is 6.92 Å². The summed E-state index contributed by atoms with van der Waals surface area (Å²) in [5, 5.41) is 0. The molecule has 0 aromatic rings. The Morgan fingerprint density at radius 3 is 2.94 bits per heavy atom. The lowest BCUT2D eigenvalue weighted by Crippen LogP contribution is -2.48. The maximum Gasteiger partial charge on any atom is 0.225 e. The van der Waals surface area contributed by atoms with Gasteiger partial charge in [-0.2, -0.15) is 0 Å². The molecular weight excluding hydrogens is 204 g/mol. The van der Waals surface area contributed by atoms with Gasteiger partial charge in [0.2, 0.25) is 5.91 Å². The number of nitrogens with zero attached hydrogens (tertiary/aromatic N) is 1. The Labute approximate surface area is 97.1 Å². The highest BCUT2D eigenvalue weighted by molar-refractivity contribution is 5.76. The second kappa shape index (κ2) is 5.15. The molecule has 92 valence electrons. The third kappa shape index (κ3) is 2.74. The number of rotatable bonds is 2. The molecule has 0 radical (unpaired) electrons. The Morgan fingerprint density at radius 2 is 2.31 bits per heavy atom. The zero-order chi connectivity index (χ0) is 11.5. The summed E-state index contributed by atoms with van der Waals surface area (Å²) in [4.78, 5) is 14.0. The summed E-state index contributed by atoms with van der Waals surface area (Å²) in [6.45, 7) is 4.57. The van der Waals surface area contributed by atoms with E-state index < -0.39 is 0 Å². The van der Waals surface area contributed by atoms with Gasteiger partial charge < -0.3 is 15.4 Å². The first-order valence-electron chi connectivity index (χ1n) is 6.32. The van der Waals surface area contributed by atoms with Crippen molar-refractivity contribution in [3.63, 3.8) is 0 Å². The Morgan fingerprint density at radius 1 is 1.50 bits per heavy atom.